The molecule has 1 saturated heterocycles. The van der Waals surface area contributed by atoms with E-state index in [0.717, 1.165) is 18.6 Å². The van der Waals surface area contributed by atoms with Gasteiger partial charge in [-0.05, 0) is 43.5 Å². The van der Waals surface area contributed by atoms with Crippen molar-refractivity contribution in [2.24, 2.45) is 0 Å². The minimum absolute atomic E-state index is 0.262. The molecule has 4 heteroatoms. The molecule has 1 aliphatic heterocycles. The molecule has 0 radical (unpaired) electrons. The van der Waals surface area contributed by atoms with Crippen LogP contribution in [0.3, 0.4) is 0 Å². The van der Waals surface area contributed by atoms with Gasteiger partial charge in [0.05, 0.1) is 12.5 Å². The number of hydrogen-bond donors (Lipinski definition) is 0. The molecule has 2 aromatic rings. The molecule has 0 bridgehead atoms. The first kappa shape index (κ1) is 11.4. The van der Waals surface area contributed by atoms with Gasteiger partial charge in [-0.1, -0.05) is 6.07 Å². The van der Waals surface area contributed by atoms with E-state index in [0.29, 0.717) is 18.4 Å². The van der Waals surface area contributed by atoms with Gasteiger partial charge < -0.3 is 9.15 Å². The van der Waals surface area contributed by atoms with Crippen molar-refractivity contribution in [1.29, 1.82) is 0 Å². The molecule has 0 saturated carbocycles. The highest BCUT2D eigenvalue weighted by molar-refractivity contribution is 5.55. The molecule has 4 nitrogen and oxygen atoms in total. The Morgan fingerprint density at radius 1 is 1.17 bits per heavy atom. The summed E-state index contributed by atoms with van der Waals surface area (Å²) in [7, 11) is 0. The third-order valence-electron chi connectivity index (χ3n) is 3.47. The summed E-state index contributed by atoms with van der Waals surface area (Å²) in [5.74, 6) is 1.55. The lowest BCUT2D eigenvalue weighted by Crippen LogP contribution is -1.97. The zero-order chi connectivity index (χ0) is 12.5. The van der Waals surface area contributed by atoms with Gasteiger partial charge in [-0.15, -0.1) is 10.2 Å². The van der Waals surface area contributed by atoms with Crippen LogP contribution in [0.5, 0.6) is 0 Å². The molecule has 0 spiro atoms. The molecule has 94 valence electrons. The van der Waals surface area contributed by atoms with Crippen molar-refractivity contribution in [3.63, 3.8) is 0 Å². The van der Waals surface area contributed by atoms with Crippen molar-refractivity contribution in [1.82, 2.24) is 10.2 Å². The van der Waals surface area contributed by atoms with Crippen LogP contribution in [0.2, 0.25) is 0 Å². The SMILES string of the molecule is Cc1ccc(-c2nnc([C@@H]3CCOC3)o2)cc1C. The van der Waals surface area contributed by atoms with E-state index in [9.17, 15) is 0 Å². The van der Waals surface area contributed by atoms with Crippen LogP contribution in [-0.4, -0.2) is 23.4 Å². The normalized spacial score (nSPS) is 19.3. The lowest BCUT2D eigenvalue weighted by molar-refractivity contribution is 0.191. The van der Waals surface area contributed by atoms with Gasteiger partial charge in [0.15, 0.2) is 0 Å². The zero-order valence-corrected chi connectivity index (χ0v) is 10.6. The van der Waals surface area contributed by atoms with Crippen molar-refractivity contribution < 1.29 is 9.15 Å². The Bertz CT molecular complexity index is 557. The monoisotopic (exact) mass is 244 g/mol. The number of ether oxygens (including phenoxy) is 1. The Balaban J connectivity index is 1.89. The third-order valence-corrected chi connectivity index (χ3v) is 3.47. The average Bonchev–Trinajstić information content (AvgIpc) is 3.01. The zero-order valence-electron chi connectivity index (χ0n) is 10.6. The second-order valence-corrected chi connectivity index (χ2v) is 4.81. The highest BCUT2D eigenvalue weighted by atomic mass is 16.5. The van der Waals surface area contributed by atoms with Crippen molar-refractivity contribution in [3.05, 3.63) is 35.2 Å². The van der Waals surface area contributed by atoms with Gasteiger partial charge in [0, 0.05) is 12.2 Å². The second-order valence-electron chi connectivity index (χ2n) is 4.81. The molecule has 0 aliphatic carbocycles. The van der Waals surface area contributed by atoms with E-state index in [1.54, 1.807) is 0 Å². The average molecular weight is 244 g/mol. The second kappa shape index (κ2) is 4.53. The Labute approximate surface area is 106 Å². The summed E-state index contributed by atoms with van der Waals surface area (Å²) in [6.07, 6.45) is 0.967. The number of aryl methyl sites for hydroxylation is 2. The number of nitrogens with zero attached hydrogens (tertiary/aromatic N) is 2. The van der Waals surface area contributed by atoms with E-state index in [2.05, 4.69) is 36.2 Å². The van der Waals surface area contributed by atoms with Gasteiger partial charge in [0.25, 0.3) is 0 Å². The molecule has 3 rings (SSSR count). The maximum Gasteiger partial charge on any atom is 0.247 e. The van der Waals surface area contributed by atoms with E-state index in [1.165, 1.54) is 11.1 Å². The quantitative estimate of drug-likeness (QED) is 0.815. The van der Waals surface area contributed by atoms with Crippen LogP contribution >= 0.6 is 0 Å². The number of benzene rings is 1. The Kier molecular flexibility index (Phi) is 2.88. The lowest BCUT2D eigenvalue weighted by atomic mass is 10.1. The Hall–Kier alpha value is -1.68. The summed E-state index contributed by atoms with van der Waals surface area (Å²) in [4.78, 5) is 0. The van der Waals surface area contributed by atoms with Crippen LogP contribution in [0.25, 0.3) is 11.5 Å². The molecule has 18 heavy (non-hydrogen) atoms. The van der Waals surface area contributed by atoms with Crippen LogP contribution in [0.4, 0.5) is 0 Å². The molecule has 2 heterocycles. The highest BCUT2D eigenvalue weighted by Gasteiger charge is 2.23. The standard InChI is InChI=1S/C14H16N2O2/c1-9-3-4-11(7-10(9)2)13-15-16-14(18-13)12-5-6-17-8-12/h3-4,7,12H,5-6,8H2,1-2H3/t12-/m1/s1. The van der Waals surface area contributed by atoms with Crippen molar-refractivity contribution in [3.8, 4) is 11.5 Å². The predicted molar refractivity (Wildman–Crippen MR) is 67.4 cm³/mol. The van der Waals surface area contributed by atoms with Gasteiger partial charge in [-0.2, -0.15) is 0 Å². The van der Waals surface area contributed by atoms with Crippen molar-refractivity contribution in [2.45, 2.75) is 26.2 Å². The molecule has 0 N–H and O–H groups in total. The van der Waals surface area contributed by atoms with Gasteiger partial charge in [-0.25, -0.2) is 0 Å². The Morgan fingerprint density at radius 3 is 2.78 bits per heavy atom. The van der Waals surface area contributed by atoms with Crippen LogP contribution in [0, 0.1) is 13.8 Å². The summed E-state index contributed by atoms with van der Waals surface area (Å²) in [5, 5.41) is 8.26. The summed E-state index contributed by atoms with van der Waals surface area (Å²) < 4.78 is 11.1. The Morgan fingerprint density at radius 2 is 2.06 bits per heavy atom. The van der Waals surface area contributed by atoms with Gasteiger partial charge >= 0.3 is 0 Å². The topological polar surface area (TPSA) is 48.2 Å². The van der Waals surface area contributed by atoms with E-state index >= 15 is 0 Å². The molecule has 1 aromatic carbocycles. The van der Waals surface area contributed by atoms with Crippen LogP contribution < -0.4 is 0 Å². The summed E-state index contributed by atoms with van der Waals surface area (Å²) in [5.41, 5.74) is 3.48. The smallest absolute Gasteiger partial charge is 0.247 e. The number of aromatic nitrogens is 2. The molecule has 1 aromatic heterocycles. The van der Waals surface area contributed by atoms with E-state index in [1.807, 2.05) is 6.07 Å². The van der Waals surface area contributed by atoms with E-state index in [4.69, 9.17) is 9.15 Å². The molecule has 1 atom stereocenters. The van der Waals surface area contributed by atoms with Crippen LogP contribution in [0.15, 0.2) is 22.6 Å². The number of rotatable bonds is 2. The molecular formula is C14H16N2O2. The first-order chi connectivity index (χ1) is 8.74. The predicted octanol–water partition coefficient (Wildman–Crippen LogP) is 2.86. The summed E-state index contributed by atoms with van der Waals surface area (Å²) in [6, 6.07) is 6.18. The van der Waals surface area contributed by atoms with Crippen LogP contribution in [0.1, 0.15) is 29.4 Å². The lowest BCUT2D eigenvalue weighted by Gasteiger charge is -2.02. The highest BCUT2D eigenvalue weighted by Crippen LogP contribution is 2.27. The van der Waals surface area contributed by atoms with Gasteiger partial charge in [-0.3, -0.25) is 0 Å². The van der Waals surface area contributed by atoms with Crippen LogP contribution in [-0.2, 0) is 4.74 Å². The van der Waals surface area contributed by atoms with Crippen molar-refractivity contribution in [2.75, 3.05) is 13.2 Å². The fourth-order valence-corrected chi connectivity index (χ4v) is 2.12. The van der Waals surface area contributed by atoms with E-state index < -0.39 is 0 Å². The fraction of sp³-hybridized carbons (Fsp3) is 0.429. The fourth-order valence-electron chi connectivity index (χ4n) is 2.12. The van der Waals surface area contributed by atoms with Gasteiger partial charge in [0.2, 0.25) is 11.8 Å². The molecular weight excluding hydrogens is 228 g/mol. The third kappa shape index (κ3) is 2.04. The summed E-state index contributed by atoms with van der Waals surface area (Å²) >= 11 is 0. The molecule has 0 amide bonds. The first-order valence-corrected chi connectivity index (χ1v) is 6.23. The maximum atomic E-state index is 5.75. The van der Waals surface area contributed by atoms with Crippen molar-refractivity contribution >= 4 is 0 Å². The molecule has 1 fully saturated rings. The van der Waals surface area contributed by atoms with E-state index in [-0.39, 0.29) is 5.92 Å². The minimum Gasteiger partial charge on any atom is -0.420 e. The molecule has 0 unspecified atom stereocenters. The first-order valence-electron chi connectivity index (χ1n) is 6.23. The number of hydrogen-bond acceptors (Lipinski definition) is 4. The minimum atomic E-state index is 0.262. The largest absolute Gasteiger partial charge is 0.420 e. The maximum absolute atomic E-state index is 5.75. The molecule has 1 aliphatic rings. The summed E-state index contributed by atoms with van der Waals surface area (Å²) in [6.45, 7) is 5.65. The van der Waals surface area contributed by atoms with Gasteiger partial charge in [0.1, 0.15) is 0 Å².